The predicted molar refractivity (Wildman–Crippen MR) is 97.2 cm³/mol. The fourth-order valence-electron chi connectivity index (χ4n) is 3.48. The van der Waals surface area contributed by atoms with Crippen LogP contribution in [0.25, 0.3) is 0 Å². The Bertz CT molecular complexity index is 428. The van der Waals surface area contributed by atoms with Crippen LogP contribution in [0.2, 0.25) is 0 Å². The summed E-state index contributed by atoms with van der Waals surface area (Å²) >= 11 is 0.954. The molecule has 1 saturated carbocycles. The largest absolute Gasteiger partial charge is 0.509 e. The molecule has 0 amide bonds. The summed E-state index contributed by atoms with van der Waals surface area (Å²) in [7, 11) is 0. The molecule has 1 saturated heterocycles. The van der Waals surface area contributed by atoms with Gasteiger partial charge in [0, 0.05) is 6.61 Å². The highest BCUT2D eigenvalue weighted by atomic mass is 32.2. The molecule has 24 heavy (non-hydrogen) atoms. The third-order valence-corrected chi connectivity index (χ3v) is 5.80. The lowest BCUT2D eigenvalue weighted by atomic mass is 9.93. The van der Waals surface area contributed by atoms with Crippen LogP contribution in [-0.2, 0) is 14.3 Å². The Morgan fingerprint density at radius 1 is 0.958 bits per heavy atom. The first-order valence-corrected chi connectivity index (χ1v) is 10.4. The number of carbonyl (C=O) groups is 2. The van der Waals surface area contributed by atoms with Gasteiger partial charge in [-0.1, -0.05) is 69.5 Å². The third kappa shape index (κ3) is 6.60. The second-order valence-corrected chi connectivity index (χ2v) is 7.91. The minimum atomic E-state index is -0.327. The van der Waals surface area contributed by atoms with Gasteiger partial charge in [0.15, 0.2) is 5.78 Å². The summed E-state index contributed by atoms with van der Waals surface area (Å²) < 4.78 is 5.65. The van der Waals surface area contributed by atoms with E-state index in [0.717, 1.165) is 11.8 Å². The van der Waals surface area contributed by atoms with Gasteiger partial charge in [-0.05, 0) is 18.8 Å². The van der Waals surface area contributed by atoms with Crippen molar-refractivity contribution in [3.8, 4) is 0 Å². The molecule has 2 rings (SSSR count). The second-order valence-electron chi connectivity index (χ2n) is 6.96. The Balaban J connectivity index is 1.76. The van der Waals surface area contributed by atoms with Crippen LogP contribution in [0.4, 0.5) is 0 Å². The Morgan fingerprint density at radius 2 is 1.50 bits per heavy atom. The van der Waals surface area contributed by atoms with E-state index in [-0.39, 0.29) is 34.6 Å². The van der Waals surface area contributed by atoms with Gasteiger partial charge in [0.05, 0.1) is 5.75 Å². The van der Waals surface area contributed by atoms with E-state index in [1.54, 1.807) is 0 Å². The van der Waals surface area contributed by atoms with Crippen LogP contribution in [0, 0.1) is 5.92 Å². The molecule has 1 heterocycles. The third-order valence-electron chi connectivity index (χ3n) is 4.92. The molecule has 1 N–H and O–H groups in total. The van der Waals surface area contributed by atoms with Crippen molar-refractivity contribution >= 4 is 22.7 Å². The SMILES string of the molecule is O=C1CSC(=O)C1=C(O)COCC1CCCCCCCCCCC1. The van der Waals surface area contributed by atoms with Gasteiger partial charge in [-0.15, -0.1) is 0 Å². The van der Waals surface area contributed by atoms with Crippen molar-refractivity contribution in [2.45, 2.75) is 70.6 Å². The van der Waals surface area contributed by atoms with Crippen molar-refractivity contribution in [1.82, 2.24) is 0 Å². The van der Waals surface area contributed by atoms with Crippen LogP contribution in [-0.4, -0.2) is 35.0 Å². The molecule has 0 radical (unpaired) electrons. The number of hydrogen-bond acceptors (Lipinski definition) is 5. The maximum atomic E-state index is 11.6. The van der Waals surface area contributed by atoms with Crippen LogP contribution in [0.1, 0.15) is 70.6 Å². The Hall–Kier alpha value is -0.810. The topological polar surface area (TPSA) is 63.6 Å². The van der Waals surface area contributed by atoms with Crippen LogP contribution in [0.3, 0.4) is 0 Å². The monoisotopic (exact) mass is 354 g/mol. The maximum absolute atomic E-state index is 11.6. The lowest BCUT2D eigenvalue weighted by Crippen LogP contribution is -2.14. The molecule has 0 spiro atoms. The van der Waals surface area contributed by atoms with Crippen LogP contribution < -0.4 is 0 Å². The zero-order chi connectivity index (χ0) is 17.2. The normalized spacial score (nSPS) is 24.5. The number of hydrogen-bond donors (Lipinski definition) is 1. The van der Waals surface area contributed by atoms with E-state index in [2.05, 4.69) is 0 Å². The van der Waals surface area contributed by atoms with Crippen molar-refractivity contribution in [2.24, 2.45) is 5.92 Å². The molecule has 2 aliphatic rings. The number of Topliss-reactive ketones (excluding diaryl/α,β-unsaturated/α-hetero) is 1. The zero-order valence-electron chi connectivity index (χ0n) is 14.6. The molecular weight excluding hydrogens is 324 g/mol. The van der Waals surface area contributed by atoms with Crippen molar-refractivity contribution in [2.75, 3.05) is 19.0 Å². The summed E-state index contributed by atoms with van der Waals surface area (Å²) in [5, 5.41) is 9.64. The fourth-order valence-corrected chi connectivity index (χ4v) is 4.26. The number of carbonyl (C=O) groups excluding carboxylic acids is 2. The summed E-state index contributed by atoms with van der Waals surface area (Å²) in [6.45, 7) is 0.580. The summed E-state index contributed by atoms with van der Waals surface area (Å²) in [6.07, 6.45) is 14.2. The molecule has 0 unspecified atom stereocenters. The van der Waals surface area contributed by atoms with Gasteiger partial charge in [-0.2, -0.15) is 0 Å². The number of thioether (sulfide) groups is 1. The average molecular weight is 355 g/mol. The van der Waals surface area contributed by atoms with Crippen LogP contribution in [0.15, 0.2) is 11.3 Å². The number of aliphatic hydroxyl groups excluding tert-OH is 1. The van der Waals surface area contributed by atoms with E-state index in [9.17, 15) is 14.7 Å². The first-order chi connectivity index (χ1) is 11.7. The minimum Gasteiger partial charge on any atom is -0.509 e. The van der Waals surface area contributed by atoms with Crippen LogP contribution >= 0.6 is 11.8 Å². The van der Waals surface area contributed by atoms with Crippen molar-refractivity contribution < 1.29 is 19.4 Å². The standard InChI is InChI=1S/C19H30O4S/c20-16(18-17(21)14-24-19(18)22)13-23-12-15-10-8-6-4-2-1-3-5-7-9-11-15/h15,20H,1-14H2. The quantitative estimate of drug-likeness (QED) is 0.455. The molecule has 0 bridgehead atoms. The lowest BCUT2D eigenvalue weighted by Gasteiger charge is -2.18. The number of ketones is 1. The Labute approximate surface area is 149 Å². The summed E-state index contributed by atoms with van der Waals surface area (Å²) in [5.74, 6) is 0.188. The summed E-state index contributed by atoms with van der Waals surface area (Å²) in [4.78, 5) is 23.2. The highest BCUT2D eigenvalue weighted by Crippen LogP contribution is 2.25. The van der Waals surface area contributed by atoms with E-state index in [1.807, 2.05) is 0 Å². The Kier molecular flexibility index (Phi) is 8.89. The molecule has 5 heteroatoms. The predicted octanol–water partition coefficient (Wildman–Crippen LogP) is 4.58. The van der Waals surface area contributed by atoms with Crippen LogP contribution in [0.5, 0.6) is 0 Å². The van der Waals surface area contributed by atoms with E-state index in [0.29, 0.717) is 12.5 Å². The van der Waals surface area contributed by atoms with Gasteiger partial charge in [0.25, 0.3) is 0 Å². The highest BCUT2D eigenvalue weighted by Gasteiger charge is 2.30. The minimum absolute atomic E-state index is 0.0239. The number of rotatable bonds is 4. The average Bonchev–Trinajstić information content (AvgIpc) is 2.88. The van der Waals surface area contributed by atoms with Gasteiger partial charge in [0.1, 0.15) is 17.9 Å². The van der Waals surface area contributed by atoms with Gasteiger partial charge in [-0.3, -0.25) is 9.59 Å². The van der Waals surface area contributed by atoms with Gasteiger partial charge in [0.2, 0.25) is 5.12 Å². The van der Waals surface area contributed by atoms with E-state index >= 15 is 0 Å². The molecule has 136 valence electrons. The van der Waals surface area contributed by atoms with Crippen molar-refractivity contribution in [3.05, 3.63) is 11.3 Å². The van der Waals surface area contributed by atoms with E-state index in [4.69, 9.17) is 4.74 Å². The molecule has 0 atom stereocenters. The molecule has 4 nitrogen and oxygen atoms in total. The maximum Gasteiger partial charge on any atom is 0.226 e. The summed E-state index contributed by atoms with van der Waals surface area (Å²) in [5.41, 5.74) is -0.0568. The molecule has 0 aromatic heterocycles. The Morgan fingerprint density at radius 3 is 2.00 bits per heavy atom. The zero-order valence-corrected chi connectivity index (χ0v) is 15.4. The molecular formula is C19H30O4S. The summed E-state index contributed by atoms with van der Waals surface area (Å²) in [6, 6.07) is 0. The van der Waals surface area contributed by atoms with E-state index < -0.39 is 0 Å². The molecule has 0 aromatic carbocycles. The van der Waals surface area contributed by atoms with Crippen molar-refractivity contribution in [3.63, 3.8) is 0 Å². The highest BCUT2D eigenvalue weighted by molar-refractivity contribution is 8.15. The molecule has 1 aliphatic heterocycles. The smallest absolute Gasteiger partial charge is 0.226 e. The lowest BCUT2D eigenvalue weighted by molar-refractivity contribution is -0.115. The second kappa shape index (κ2) is 10.9. The molecule has 2 fully saturated rings. The van der Waals surface area contributed by atoms with Gasteiger partial charge in [-0.25, -0.2) is 0 Å². The number of aliphatic hydroxyl groups is 1. The van der Waals surface area contributed by atoms with E-state index in [1.165, 1.54) is 70.6 Å². The van der Waals surface area contributed by atoms with Crippen molar-refractivity contribution in [1.29, 1.82) is 0 Å². The molecule has 1 aliphatic carbocycles. The fraction of sp³-hybridized carbons (Fsp3) is 0.789. The molecule has 0 aromatic rings. The van der Waals surface area contributed by atoms with Gasteiger partial charge >= 0.3 is 0 Å². The first kappa shape index (κ1) is 19.5. The first-order valence-electron chi connectivity index (χ1n) is 9.38. The number of ether oxygens (including phenoxy) is 1. The van der Waals surface area contributed by atoms with Gasteiger partial charge < -0.3 is 9.84 Å².